The molecule has 5 heteroatoms. The van der Waals surface area contributed by atoms with Gasteiger partial charge in [-0.15, -0.1) is 0 Å². The van der Waals surface area contributed by atoms with Crippen LogP contribution in [0.2, 0.25) is 0 Å². The molecule has 0 aromatic rings. The maximum Gasteiger partial charge on any atom is 0.402 e. The van der Waals surface area contributed by atoms with Crippen LogP contribution in [0.3, 0.4) is 0 Å². The van der Waals surface area contributed by atoms with Gasteiger partial charge in [0.2, 0.25) is 0 Å². The first-order chi connectivity index (χ1) is 4.00. The molecule has 52 valence electrons. The first-order valence-corrected chi connectivity index (χ1v) is 1.84. The predicted octanol–water partition coefficient (Wildman–Crippen LogP) is -0.120. The molecule has 0 aliphatic heterocycles. The van der Waals surface area contributed by atoms with E-state index in [0.29, 0.717) is 0 Å². The summed E-state index contributed by atoms with van der Waals surface area (Å²) in [6.07, 6.45) is -0.500. The van der Waals surface area contributed by atoms with Crippen molar-refractivity contribution in [2.45, 2.75) is 0 Å². The molecule has 0 aliphatic carbocycles. The van der Waals surface area contributed by atoms with Crippen LogP contribution in [-0.4, -0.2) is 22.3 Å². The number of rotatable bonds is 1. The van der Waals surface area contributed by atoms with Crippen LogP contribution in [0.25, 0.3) is 0 Å². The Hall–Kier alpha value is -1.52. The van der Waals surface area contributed by atoms with Gasteiger partial charge in [-0.05, 0) is 0 Å². The number of amides is 1. The lowest BCUT2D eigenvalue weighted by atomic mass is 10.7. The molecule has 0 radical (unpaired) electrons. The molecule has 4 N–H and O–H groups in total. The number of primary amides is 1. The third-order valence-electron chi connectivity index (χ3n) is 0.175. The maximum atomic E-state index is 9.25. The van der Waals surface area contributed by atoms with Crippen LogP contribution in [-0.2, 0) is 4.79 Å². The van der Waals surface area contributed by atoms with Gasteiger partial charge in [0.25, 0.3) is 0 Å². The van der Waals surface area contributed by atoms with Crippen molar-refractivity contribution < 1.29 is 19.8 Å². The lowest BCUT2D eigenvalue weighted by molar-refractivity contribution is -0.131. The lowest BCUT2D eigenvalue weighted by Gasteiger charge is -1.64. The summed E-state index contributed by atoms with van der Waals surface area (Å²) >= 11 is 0. The van der Waals surface area contributed by atoms with Gasteiger partial charge in [-0.1, -0.05) is 6.58 Å². The number of hydrogen-bond acceptors (Lipinski definition) is 2. The minimum atomic E-state index is -1.33. The minimum Gasteiger partial charge on any atom is -0.478 e. The molecule has 0 unspecified atom stereocenters. The van der Waals surface area contributed by atoms with Crippen LogP contribution < -0.4 is 5.73 Å². The van der Waals surface area contributed by atoms with Crippen molar-refractivity contribution in [3.63, 3.8) is 0 Å². The zero-order valence-corrected chi connectivity index (χ0v) is 4.57. The topological polar surface area (TPSA) is 101 Å². The number of aliphatic carboxylic acids is 1. The summed E-state index contributed by atoms with van der Waals surface area (Å²) < 4.78 is 0. The summed E-state index contributed by atoms with van der Waals surface area (Å²) in [5, 5.41) is 14.8. The molecule has 9 heavy (non-hydrogen) atoms. The van der Waals surface area contributed by atoms with Crippen molar-refractivity contribution in [2.24, 2.45) is 5.73 Å². The fourth-order valence-electron chi connectivity index (χ4n) is 0. The van der Waals surface area contributed by atoms with Crippen molar-refractivity contribution in [3.8, 4) is 0 Å². The molecular formula is C4H7NO4. The Balaban J connectivity index is 0. The smallest absolute Gasteiger partial charge is 0.402 e. The molecule has 1 amide bonds. The Morgan fingerprint density at radius 1 is 1.44 bits per heavy atom. The van der Waals surface area contributed by atoms with Crippen molar-refractivity contribution >= 4 is 12.1 Å². The van der Waals surface area contributed by atoms with E-state index < -0.39 is 12.1 Å². The molecular weight excluding hydrogens is 126 g/mol. The highest BCUT2D eigenvalue weighted by Gasteiger charge is 1.73. The molecule has 0 fully saturated rings. The second kappa shape index (κ2) is 6.48. The molecule has 0 saturated carbocycles. The molecule has 0 aliphatic rings. The molecule has 0 aromatic heterocycles. The Bertz CT molecular complexity index is 116. The molecule has 0 atom stereocenters. The van der Waals surface area contributed by atoms with E-state index in [2.05, 4.69) is 12.3 Å². The fourth-order valence-corrected chi connectivity index (χ4v) is 0. The van der Waals surface area contributed by atoms with Crippen molar-refractivity contribution in [2.75, 3.05) is 0 Å². The normalized spacial score (nSPS) is 6.22. The van der Waals surface area contributed by atoms with Gasteiger partial charge in [0, 0.05) is 6.08 Å². The van der Waals surface area contributed by atoms with Gasteiger partial charge in [0.05, 0.1) is 0 Å². The number of carbonyl (C=O) groups is 2. The molecule has 0 spiro atoms. The molecule has 0 heterocycles. The summed E-state index contributed by atoms with van der Waals surface area (Å²) in [5.74, 6) is -0.981. The van der Waals surface area contributed by atoms with Crippen LogP contribution in [0.15, 0.2) is 12.7 Å². The first-order valence-electron chi connectivity index (χ1n) is 1.84. The average Bonchev–Trinajstić information content (AvgIpc) is 1.65. The molecule has 5 nitrogen and oxygen atoms in total. The Morgan fingerprint density at radius 2 is 1.56 bits per heavy atom. The van der Waals surface area contributed by atoms with Crippen LogP contribution in [0.1, 0.15) is 0 Å². The number of hydrogen-bond donors (Lipinski definition) is 3. The highest BCUT2D eigenvalue weighted by molar-refractivity contribution is 5.78. The van der Waals surface area contributed by atoms with Crippen molar-refractivity contribution in [1.29, 1.82) is 0 Å². The van der Waals surface area contributed by atoms with Gasteiger partial charge in [-0.2, -0.15) is 0 Å². The highest BCUT2D eigenvalue weighted by atomic mass is 16.4. The van der Waals surface area contributed by atoms with Crippen molar-refractivity contribution in [3.05, 3.63) is 12.7 Å². The van der Waals surface area contributed by atoms with Gasteiger partial charge in [-0.25, -0.2) is 9.59 Å². The van der Waals surface area contributed by atoms with Crippen LogP contribution >= 0.6 is 0 Å². The van der Waals surface area contributed by atoms with Gasteiger partial charge in [0.1, 0.15) is 0 Å². The van der Waals surface area contributed by atoms with E-state index in [1.807, 2.05) is 0 Å². The largest absolute Gasteiger partial charge is 0.478 e. The standard InChI is InChI=1S/C3H4O2.CH3NO2/c1-2-3(4)5;2-1(3)4/h2H,1H2,(H,4,5);2H2,(H,3,4). The quantitative estimate of drug-likeness (QED) is 0.434. The Labute approximate surface area is 51.4 Å². The highest BCUT2D eigenvalue weighted by Crippen LogP contribution is 1.54. The predicted molar refractivity (Wildman–Crippen MR) is 30.0 cm³/mol. The zero-order chi connectivity index (χ0) is 7.86. The van der Waals surface area contributed by atoms with Gasteiger partial charge in [-0.3, -0.25) is 0 Å². The average molecular weight is 133 g/mol. The van der Waals surface area contributed by atoms with Crippen LogP contribution in [0, 0.1) is 0 Å². The second-order valence-corrected chi connectivity index (χ2v) is 0.881. The molecule has 0 bridgehead atoms. The fraction of sp³-hybridized carbons (Fsp3) is 0. The van der Waals surface area contributed by atoms with Crippen molar-refractivity contribution in [1.82, 2.24) is 0 Å². The van der Waals surface area contributed by atoms with Crippen LogP contribution in [0.4, 0.5) is 4.79 Å². The second-order valence-electron chi connectivity index (χ2n) is 0.881. The third-order valence-corrected chi connectivity index (χ3v) is 0.175. The molecule has 0 aromatic carbocycles. The summed E-state index contributed by atoms with van der Waals surface area (Å²) in [5.41, 5.74) is 4.03. The van der Waals surface area contributed by atoms with Gasteiger partial charge < -0.3 is 15.9 Å². The monoisotopic (exact) mass is 133 g/mol. The Morgan fingerprint density at radius 3 is 1.56 bits per heavy atom. The summed E-state index contributed by atoms with van der Waals surface area (Å²) in [7, 11) is 0. The SMILES string of the molecule is C=CC(=O)O.NC(=O)O. The van der Waals surface area contributed by atoms with E-state index in [1.165, 1.54) is 0 Å². The van der Waals surface area contributed by atoms with E-state index in [9.17, 15) is 4.79 Å². The van der Waals surface area contributed by atoms with E-state index in [4.69, 9.17) is 15.0 Å². The van der Waals surface area contributed by atoms with E-state index in [1.54, 1.807) is 0 Å². The van der Waals surface area contributed by atoms with Gasteiger partial charge in [0.15, 0.2) is 0 Å². The summed E-state index contributed by atoms with van der Waals surface area (Å²) in [6.45, 7) is 2.96. The Kier molecular flexibility index (Phi) is 7.53. The number of nitrogens with two attached hydrogens (primary N) is 1. The number of carboxylic acids is 1. The summed E-state index contributed by atoms with van der Waals surface area (Å²) in [4.78, 5) is 18.0. The number of carboxylic acid groups (broad SMARTS) is 2. The van der Waals surface area contributed by atoms with E-state index in [-0.39, 0.29) is 0 Å². The molecule has 0 rings (SSSR count). The third kappa shape index (κ3) is 564. The zero-order valence-electron chi connectivity index (χ0n) is 4.57. The summed E-state index contributed by atoms with van der Waals surface area (Å²) in [6, 6.07) is 0. The van der Waals surface area contributed by atoms with E-state index >= 15 is 0 Å². The lowest BCUT2D eigenvalue weighted by Crippen LogP contribution is -2.03. The molecule has 0 saturated heterocycles. The first kappa shape index (κ1) is 10.5. The minimum absolute atomic E-state index is 0.833. The maximum absolute atomic E-state index is 9.25. The van der Waals surface area contributed by atoms with Gasteiger partial charge >= 0.3 is 12.1 Å². The van der Waals surface area contributed by atoms with E-state index in [0.717, 1.165) is 6.08 Å². The van der Waals surface area contributed by atoms with Crippen LogP contribution in [0.5, 0.6) is 0 Å².